The molecule has 0 aromatic carbocycles. The predicted molar refractivity (Wildman–Crippen MR) is 51.3 cm³/mol. The molecule has 12 heavy (non-hydrogen) atoms. The number of rotatable bonds is 2. The van der Waals surface area contributed by atoms with Gasteiger partial charge in [-0.3, -0.25) is 4.90 Å². The Balaban J connectivity index is 1.92. The van der Waals surface area contributed by atoms with E-state index in [-0.39, 0.29) is 0 Å². The molecule has 2 aliphatic heterocycles. The largest absolute Gasteiger partial charge is 0.315 e. The van der Waals surface area contributed by atoms with E-state index in [2.05, 4.69) is 17.1 Å². The van der Waals surface area contributed by atoms with Gasteiger partial charge >= 0.3 is 0 Å². The Bertz CT molecular complexity index is 141. The molecule has 2 atom stereocenters. The summed E-state index contributed by atoms with van der Waals surface area (Å²) in [6.45, 7) is 6.14. The van der Waals surface area contributed by atoms with E-state index in [4.69, 9.17) is 0 Å². The molecule has 2 aliphatic rings. The fourth-order valence-electron chi connectivity index (χ4n) is 2.70. The second-order valence-electron chi connectivity index (χ2n) is 4.09. The monoisotopic (exact) mass is 168 g/mol. The first-order valence-corrected chi connectivity index (χ1v) is 5.38. The summed E-state index contributed by atoms with van der Waals surface area (Å²) in [4.78, 5) is 2.74. The zero-order valence-corrected chi connectivity index (χ0v) is 8.05. The summed E-state index contributed by atoms with van der Waals surface area (Å²) in [6.07, 6.45) is 5.58. The number of nitrogens with one attached hydrogen (secondary N) is 1. The molecule has 2 saturated heterocycles. The first-order chi connectivity index (χ1) is 5.92. The van der Waals surface area contributed by atoms with E-state index in [0.717, 1.165) is 12.1 Å². The summed E-state index contributed by atoms with van der Waals surface area (Å²) in [6, 6.07) is 1.76. The van der Waals surface area contributed by atoms with Crippen molar-refractivity contribution >= 4 is 0 Å². The number of hydrogen-bond acceptors (Lipinski definition) is 2. The van der Waals surface area contributed by atoms with Crippen LogP contribution < -0.4 is 5.32 Å². The first kappa shape index (κ1) is 8.52. The topological polar surface area (TPSA) is 15.3 Å². The highest BCUT2D eigenvalue weighted by atomic mass is 15.2. The zero-order chi connectivity index (χ0) is 8.39. The van der Waals surface area contributed by atoms with E-state index >= 15 is 0 Å². The standard InChI is InChI=1S/C10H20N2/c1-2-9-4-3-7-12(9)10-5-6-11-8-10/h9-11H,2-8H2,1H3/t9-,10+/m0/s1. The number of nitrogens with zero attached hydrogens (tertiary/aromatic N) is 1. The molecule has 2 heteroatoms. The number of hydrogen-bond donors (Lipinski definition) is 1. The van der Waals surface area contributed by atoms with Crippen LogP contribution in [0.5, 0.6) is 0 Å². The van der Waals surface area contributed by atoms with Crippen LogP contribution in [0.3, 0.4) is 0 Å². The lowest BCUT2D eigenvalue weighted by Gasteiger charge is -2.29. The Labute approximate surface area is 75.3 Å². The van der Waals surface area contributed by atoms with Crippen molar-refractivity contribution in [2.24, 2.45) is 0 Å². The van der Waals surface area contributed by atoms with Gasteiger partial charge in [-0.25, -0.2) is 0 Å². The Kier molecular flexibility index (Phi) is 2.66. The van der Waals surface area contributed by atoms with Gasteiger partial charge in [0.15, 0.2) is 0 Å². The van der Waals surface area contributed by atoms with Crippen LogP contribution in [0.2, 0.25) is 0 Å². The van der Waals surface area contributed by atoms with Crippen molar-refractivity contribution in [3.8, 4) is 0 Å². The van der Waals surface area contributed by atoms with E-state index in [1.165, 1.54) is 45.3 Å². The molecular formula is C10H20N2. The molecule has 0 amide bonds. The molecule has 0 unspecified atom stereocenters. The van der Waals surface area contributed by atoms with Gasteiger partial charge in [0.2, 0.25) is 0 Å². The summed E-state index contributed by atoms with van der Waals surface area (Å²) in [5.41, 5.74) is 0. The SMILES string of the molecule is CC[C@H]1CCCN1[C@@H]1CCNC1. The van der Waals surface area contributed by atoms with E-state index < -0.39 is 0 Å². The van der Waals surface area contributed by atoms with Crippen LogP contribution in [-0.2, 0) is 0 Å². The maximum absolute atomic E-state index is 3.45. The van der Waals surface area contributed by atoms with Gasteiger partial charge in [0.1, 0.15) is 0 Å². The molecule has 2 nitrogen and oxygen atoms in total. The number of likely N-dealkylation sites (tertiary alicyclic amines) is 1. The van der Waals surface area contributed by atoms with Gasteiger partial charge in [-0.15, -0.1) is 0 Å². The molecule has 2 heterocycles. The third kappa shape index (κ3) is 1.50. The normalized spacial score (nSPS) is 37.8. The molecule has 0 aromatic rings. The van der Waals surface area contributed by atoms with Crippen molar-refractivity contribution in [1.82, 2.24) is 10.2 Å². The average molecular weight is 168 g/mol. The summed E-state index contributed by atoms with van der Waals surface area (Å²) < 4.78 is 0. The fraction of sp³-hybridized carbons (Fsp3) is 1.00. The quantitative estimate of drug-likeness (QED) is 0.667. The van der Waals surface area contributed by atoms with Crippen LogP contribution in [0.4, 0.5) is 0 Å². The highest BCUT2D eigenvalue weighted by Gasteiger charge is 2.30. The lowest BCUT2D eigenvalue weighted by molar-refractivity contribution is 0.187. The maximum atomic E-state index is 3.45. The molecule has 0 aromatic heterocycles. The van der Waals surface area contributed by atoms with Crippen LogP contribution in [0, 0.1) is 0 Å². The predicted octanol–water partition coefficient (Wildman–Crippen LogP) is 1.22. The molecule has 1 N–H and O–H groups in total. The second kappa shape index (κ2) is 3.75. The molecule has 2 rings (SSSR count). The van der Waals surface area contributed by atoms with Crippen molar-refractivity contribution in [2.75, 3.05) is 19.6 Å². The van der Waals surface area contributed by atoms with E-state index in [9.17, 15) is 0 Å². The molecule has 0 saturated carbocycles. The molecule has 0 aliphatic carbocycles. The van der Waals surface area contributed by atoms with Crippen molar-refractivity contribution in [1.29, 1.82) is 0 Å². The van der Waals surface area contributed by atoms with Gasteiger partial charge < -0.3 is 5.32 Å². The van der Waals surface area contributed by atoms with Crippen LogP contribution in [0.15, 0.2) is 0 Å². The van der Waals surface area contributed by atoms with Gasteiger partial charge in [0.05, 0.1) is 0 Å². The summed E-state index contributed by atoms with van der Waals surface area (Å²) in [7, 11) is 0. The Morgan fingerprint density at radius 2 is 2.33 bits per heavy atom. The molecule has 0 bridgehead atoms. The average Bonchev–Trinajstić information content (AvgIpc) is 2.74. The van der Waals surface area contributed by atoms with Gasteiger partial charge in [-0.2, -0.15) is 0 Å². The third-order valence-electron chi connectivity index (χ3n) is 3.40. The molecule has 0 radical (unpaired) electrons. The van der Waals surface area contributed by atoms with Crippen LogP contribution in [-0.4, -0.2) is 36.6 Å². The zero-order valence-electron chi connectivity index (χ0n) is 8.05. The van der Waals surface area contributed by atoms with Gasteiger partial charge in [0, 0.05) is 18.6 Å². The molecule has 2 fully saturated rings. The molecule has 0 spiro atoms. The minimum absolute atomic E-state index is 0.859. The van der Waals surface area contributed by atoms with Crippen molar-refractivity contribution in [3.05, 3.63) is 0 Å². The summed E-state index contributed by atoms with van der Waals surface area (Å²) >= 11 is 0. The Morgan fingerprint density at radius 3 is 3.00 bits per heavy atom. The smallest absolute Gasteiger partial charge is 0.0235 e. The van der Waals surface area contributed by atoms with Gasteiger partial charge in [0.25, 0.3) is 0 Å². The van der Waals surface area contributed by atoms with E-state index in [1.54, 1.807) is 0 Å². The van der Waals surface area contributed by atoms with E-state index in [0.29, 0.717) is 0 Å². The Hall–Kier alpha value is -0.0800. The highest BCUT2D eigenvalue weighted by molar-refractivity contribution is 4.88. The first-order valence-electron chi connectivity index (χ1n) is 5.38. The second-order valence-corrected chi connectivity index (χ2v) is 4.09. The molecular weight excluding hydrogens is 148 g/mol. The summed E-state index contributed by atoms with van der Waals surface area (Å²) in [5, 5.41) is 3.45. The van der Waals surface area contributed by atoms with Crippen LogP contribution in [0.1, 0.15) is 32.6 Å². The van der Waals surface area contributed by atoms with Crippen molar-refractivity contribution in [2.45, 2.75) is 44.7 Å². The van der Waals surface area contributed by atoms with Crippen molar-refractivity contribution in [3.63, 3.8) is 0 Å². The van der Waals surface area contributed by atoms with Gasteiger partial charge in [-0.1, -0.05) is 6.92 Å². The van der Waals surface area contributed by atoms with Gasteiger partial charge in [-0.05, 0) is 38.8 Å². The Morgan fingerprint density at radius 1 is 1.42 bits per heavy atom. The van der Waals surface area contributed by atoms with Crippen molar-refractivity contribution < 1.29 is 0 Å². The van der Waals surface area contributed by atoms with E-state index in [1.807, 2.05) is 0 Å². The maximum Gasteiger partial charge on any atom is 0.0235 e. The third-order valence-corrected chi connectivity index (χ3v) is 3.40. The van der Waals surface area contributed by atoms with Crippen LogP contribution in [0.25, 0.3) is 0 Å². The lowest BCUT2D eigenvalue weighted by Crippen LogP contribution is -2.39. The minimum Gasteiger partial charge on any atom is -0.315 e. The highest BCUT2D eigenvalue weighted by Crippen LogP contribution is 2.24. The molecule has 70 valence electrons. The van der Waals surface area contributed by atoms with Crippen LogP contribution >= 0.6 is 0 Å². The fourth-order valence-corrected chi connectivity index (χ4v) is 2.70. The lowest BCUT2D eigenvalue weighted by atomic mass is 10.1. The minimum atomic E-state index is 0.859. The summed E-state index contributed by atoms with van der Waals surface area (Å²) in [5.74, 6) is 0.